The number of fused-ring (bicyclic) bond motifs is 1. The summed E-state index contributed by atoms with van der Waals surface area (Å²) >= 11 is 1.01. The van der Waals surface area contributed by atoms with Crippen molar-refractivity contribution >= 4 is 46.3 Å². The lowest BCUT2D eigenvalue weighted by Crippen LogP contribution is -2.44. The maximum atomic E-state index is 12.4. The number of benzene rings is 1. The van der Waals surface area contributed by atoms with Crippen molar-refractivity contribution in [3.8, 4) is 0 Å². The van der Waals surface area contributed by atoms with E-state index in [-0.39, 0.29) is 23.1 Å². The van der Waals surface area contributed by atoms with Crippen molar-refractivity contribution in [3.63, 3.8) is 0 Å². The molecule has 128 valence electrons. The average Bonchev–Trinajstić information content (AvgIpc) is 3.09. The van der Waals surface area contributed by atoms with Crippen molar-refractivity contribution in [2.24, 2.45) is 0 Å². The summed E-state index contributed by atoms with van der Waals surface area (Å²) in [5, 5.41) is 2.68. The lowest BCUT2D eigenvalue weighted by molar-refractivity contribution is -0.124. The number of nitrogens with one attached hydrogen (secondary N) is 1. The normalized spacial score (nSPS) is 13.0. The van der Waals surface area contributed by atoms with E-state index in [0.29, 0.717) is 16.3 Å². The number of thiophene rings is 1. The molecule has 2 aromatic rings. The first-order valence-electron chi connectivity index (χ1n) is 7.43. The molecule has 2 amide bonds. The molecule has 2 heterocycles. The van der Waals surface area contributed by atoms with Gasteiger partial charge in [0.1, 0.15) is 11.4 Å². The second-order valence-electron chi connectivity index (χ2n) is 5.34. The fourth-order valence-corrected chi connectivity index (χ4v) is 3.16. The number of ether oxygens (including phenoxy) is 1. The topological polar surface area (TPSA) is 92.8 Å². The number of para-hydroxylation sites is 2. The predicted molar refractivity (Wildman–Crippen MR) is 92.0 cm³/mol. The lowest BCUT2D eigenvalue weighted by Gasteiger charge is -2.28. The summed E-state index contributed by atoms with van der Waals surface area (Å²) in [5.74, 6) is -1.64. The van der Waals surface area contributed by atoms with Gasteiger partial charge >= 0.3 is 5.97 Å². The zero-order valence-electron chi connectivity index (χ0n) is 13.3. The molecule has 0 unspecified atom stereocenters. The Hall–Kier alpha value is -3.00. The van der Waals surface area contributed by atoms with Crippen LogP contribution in [0.15, 0.2) is 36.4 Å². The number of carbonyl (C=O) groups excluding carboxylic acids is 4. The smallest absolute Gasteiger partial charge is 0.348 e. The quantitative estimate of drug-likeness (QED) is 0.667. The van der Waals surface area contributed by atoms with Gasteiger partial charge in [0.2, 0.25) is 5.91 Å². The molecule has 7 nitrogen and oxygen atoms in total. The van der Waals surface area contributed by atoms with Gasteiger partial charge in [0.05, 0.1) is 16.3 Å². The van der Waals surface area contributed by atoms with Crippen LogP contribution >= 0.6 is 11.3 Å². The Morgan fingerprint density at radius 3 is 2.60 bits per heavy atom. The van der Waals surface area contributed by atoms with Gasteiger partial charge in [-0.25, -0.2) is 4.79 Å². The van der Waals surface area contributed by atoms with Crippen LogP contribution in [0.5, 0.6) is 0 Å². The van der Waals surface area contributed by atoms with Gasteiger partial charge in [0.25, 0.3) is 5.91 Å². The molecule has 1 aliphatic heterocycles. The molecule has 0 saturated carbocycles. The Labute approximate surface area is 147 Å². The summed E-state index contributed by atoms with van der Waals surface area (Å²) in [4.78, 5) is 49.3. The molecule has 0 aliphatic carbocycles. The molecule has 1 aliphatic rings. The maximum Gasteiger partial charge on any atom is 0.348 e. The zero-order chi connectivity index (χ0) is 18.0. The molecular weight excluding hydrogens is 344 g/mol. The Bertz CT molecular complexity index is 873. The van der Waals surface area contributed by atoms with Crippen LogP contribution < -0.4 is 10.2 Å². The van der Waals surface area contributed by atoms with Crippen molar-refractivity contribution in [2.75, 3.05) is 23.4 Å². The highest BCUT2D eigenvalue weighted by molar-refractivity contribution is 7.15. The third-order valence-corrected chi connectivity index (χ3v) is 4.72. The minimum absolute atomic E-state index is 0.138. The largest absolute Gasteiger partial charge is 0.451 e. The van der Waals surface area contributed by atoms with E-state index in [4.69, 9.17) is 4.74 Å². The second-order valence-corrected chi connectivity index (χ2v) is 6.43. The molecule has 25 heavy (non-hydrogen) atoms. The van der Waals surface area contributed by atoms with Crippen LogP contribution in [0.25, 0.3) is 0 Å². The minimum atomic E-state index is -0.680. The Morgan fingerprint density at radius 2 is 1.88 bits per heavy atom. The van der Waals surface area contributed by atoms with E-state index in [0.717, 1.165) is 11.3 Å². The van der Waals surface area contributed by atoms with Crippen LogP contribution in [0.3, 0.4) is 0 Å². The highest BCUT2D eigenvalue weighted by atomic mass is 32.1. The molecule has 0 fully saturated rings. The number of hydrogen-bond acceptors (Lipinski definition) is 6. The summed E-state index contributed by atoms with van der Waals surface area (Å²) < 4.78 is 5.02. The molecule has 0 saturated heterocycles. The van der Waals surface area contributed by atoms with E-state index in [1.807, 2.05) is 0 Å². The van der Waals surface area contributed by atoms with E-state index in [9.17, 15) is 19.2 Å². The third kappa shape index (κ3) is 3.58. The Balaban J connectivity index is 1.67. The number of Topliss-reactive ketones (excluding diaryl/α,β-unsaturated/α-hetero) is 1. The fraction of sp³-hybridized carbons (Fsp3) is 0.176. The Morgan fingerprint density at radius 1 is 1.16 bits per heavy atom. The molecule has 1 aromatic carbocycles. The van der Waals surface area contributed by atoms with Crippen molar-refractivity contribution < 1.29 is 23.9 Å². The first kappa shape index (κ1) is 16.8. The maximum absolute atomic E-state index is 12.4. The van der Waals surface area contributed by atoms with Gasteiger partial charge in [0.15, 0.2) is 12.4 Å². The summed E-state index contributed by atoms with van der Waals surface area (Å²) in [5.41, 5.74) is 1.08. The average molecular weight is 358 g/mol. The van der Waals surface area contributed by atoms with Gasteiger partial charge in [-0.3, -0.25) is 19.3 Å². The number of nitrogens with zero attached hydrogens (tertiary/aromatic N) is 1. The van der Waals surface area contributed by atoms with E-state index < -0.39 is 18.5 Å². The fourth-order valence-electron chi connectivity index (χ4n) is 2.37. The standard InChI is InChI=1S/C17H14N2O5S/c1-10(20)13-6-7-14(25-13)17(23)24-9-16(22)19-8-15(21)18-11-4-2-3-5-12(11)19/h2-7H,8-9H2,1H3,(H,18,21). The number of anilines is 2. The number of hydrogen-bond donors (Lipinski definition) is 1. The van der Waals surface area contributed by atoms with Crippen molar-refractivity contribution in [2.45, 2.75) is 6.92 Å². The van der Waals surface area contributed by atoms with E-state index in [1.54, 1.807) is 24.3 Å². The van der Waals surface area contributed by atoms with Crippen molar-refractivity contribution in [1.29, 1.82) is 0 Å². The van der Waals surface area contributed by atoms with E-state index in [1.165, 1.54) is 24.0 Å². The summed E-state index contributed by atoms with van der Waals surface area (Å²) in [7, 11) is 0. The summed E-state index contributed by atoms with van der Waals surface area (Å²) in [6, 6.07) is 9.91. The van der Waals surface area contributed by atoms with Gasteiger partial charge in [-0.05, 0) is 31.2 Å². The molecule has 0 bridgehead atoms. The van der Waals surface area contributed by atoms with Crippen molar-refractivity contribution in [1.82, 2.24) is 0 Å². The summed E-state index contributed by atoms with van der Waals surface area (Å²) in [6.07, 6.45) is 0. The van der Waals surface area contributed by atoms with Gasteiger partial charge in [-0.15, -0.1) is 11.3 Å². The molecule has 1 aromatic heterocycles. The minimum Gasteiger partial charge on any atom is -0.451 e. The van der Waals surface area contributed by atoms with Crippen LogP contribution in [0, 0.1) is 0 Å². The van der Waals surface area contributed by atoms with E-state index in [2.05, 4.69) is 5.32 Å². The highest BCUT2D eigenvalue weighted by Crippen LogP contribution is 2.29. The number of carbonyl (C=O) groups is 4. The number of rotatable bonds is 4. The van der Waals surface area contributed by atoms with Crippen LogP contribution in [0.2, 0.25) is 0 Å². The molecular formula is C17H14N2O5S. The van der Waals surface area contributed by atoms with Gasteiger partial charge in [0, 0.05) is 0 Å². The monoisotopic (exact) mass is 358 g/mol. The zero-order valence-corrected chi connectivity index (χ0v) is 14.1. The van der Waals surface area contributed by atoms with Crippen LogP contribution in [0.4, 0.5) is 11.4 Å². The predicted octanol–water partition coefficient (Wildman–Crippen LogP) is 2.09. The first-order chi connectivity index (χ1) is 12.0. The van der Waals surface area contributed by atoms with Gasteiger partial charge in [-0.1, -0.05) is 12.1 Å². The van der Waals surface area contributed by atoms with E-state index >= 15 is 0 Å². The molecule has 0 spiro atoms. The van der Waals surface area contributed by atoms with Crippen molar-refractivity contribution in [3.05, 3.63) is 46.2 Å². The van der Waals surface area contributed by atoms with Crippen LogP contribution in [-0.4, -0.2) is 36.7 Å². The first-order valence-corrected chi connectivity index (χ1v) is 8.24. The molecule has 0 radical (unpaired) electrons. The molecule has 3 rings (SSSR count). The number of ketones is 1. The third-order valence-electron chi connectivity index (χ3n) is 3.55. The summed E-state index contributed by atoms with van der Waals surface area (Å²) in [6.45, 7) is 0.776. The van der Waals surface area contributed by atoms with Gasteiger partial charge < -0.3 is 10.1 Å². The van der Waals surface area contributed by atoms with Crippen LogP contribution in [-0.2, 0) is 14.3 Å². The van der Waals surface area contributed by atoms with Gasteiger partial charge in [-0.2, -0.15) is 0 Å². The molecule has 0 atom stereocenters. The SMILES string of the molecule is CC(=O)c1ccc(C(=O)OCC(=O)N2CC(=O)Nc3ccccc32)s1. The second kappa shape index (κ2) is 6.86. The lowest BCUT2D eigenvalue weighted by atomic mass is 10.2. The number of esters is 1. The Kier molecular flexibility index (Phi) is 4.62. The highest BCUT2D eigenvalue weighted by Gasteiger charge is 2.27. The van der Waals surface area contributed by atoms with Crippen LogP contribution in [0.1, 0.15) is 26.3 Å². The molecule has 8 heteroatoms. The molecule has 1 N–H and O–H groups in total. The number of amides is 2.